The third kappa shape index (κ3) is 2.01. The third-order valence-electron chi connectivity index (χ3n) is 6.88. The fraction of sp³-hybridized carbons (Fsp3) is 0.941. The van der Waals surface area contributed by atoms with Gasteiger partial charge in [-0.25, -0.2) is 0 Å². The zero-order valence-electron chi connectivity index (χ0n) is 12.3. The van der Waals surface area contributed by atoms with Crippen LogP contribution in [0.2, 0.25) is 0 Å². The third-order valence-corrected chi connectivity index (χ3v) is 6.88. The molecule has 4 fully saturated rings. The average Bonchev–Trinajstić information content (AvgIpc) is 2.93. The van der Waals surface area contributed by atoms with Crippen LogP contribution in [0.15, 0.2) is 0 Å². The van der Waals surface area contributed by atoms with Gasteiger partial charge in [0, 0.05) is 19.1 Å². The van der Waals surface area contributed by atoms with Gasteiger partial charge in [-0.3, -0.25) is 4.79 Å². The van der Waals surface area contributed by atoms with Crippen LogP contribution in [-0.2, 0) is 4.79 Å². The first kappa shape index (κ1) is 13.1. The smallest absolute Gasteiger partial charge is 0.223 e. The summed E-state index contributed by atoms with van der Waals surface area (Å²) < 4.78 is 0. The van der Waals surface area contributed by atoms with Crippen LogP contribution in [0.5, 0.6) is 0 Å². The Kier molecular flexibility index (Phi) is 3.29. The molecule has 1 amide bonds. The van der Waals surface area contributed by atoms with Crippen LogP contribution in [0.1, 0.15) is 44.9 Å². The van der Waals surface area contributed by atoms with E-state index in [9.17, 15) is 9.90 Å². The molecule has 4 aliphatic carbocycles. The minimum absolute atomic E-state index is 0.291. The second kappa shape index (κ2) is 5.01. The highest BCUT2D eigenvalue weighted by Gasteiger charge is 2.67. The molecule has 112 valence electrons. The van der Waals surface area contributed by atoms with Crippen molar-refractivity contribution in [2.75, 3.05) is 13.2 Å². The van der Waals surface area contributed by atoms with E-state index >= 15 is 0 Å². The van der Waals surface area contributed by atoms with Crippen LogP contribution in [-0.4, -0.2) is 24.2 Å². The lowest BCUT2D eigenvalue weighted by Crippen LogP contribution is -2.37. The Bertz CT molecular complexity index is 380. The minimum Gasteiger partial charge on any atom is -0.396 e. The minimum atomic E-state index is 0.291. The number of nitrogens with one attached hydrogen (secondary N) is 1. The molecule has 2 N–H and O–H groups in total. The van der Waals surface area contributed by atoms with Gasteiger partial charge in [-0.2, -0.15) is 0 Å². The van der Waals surface area contributed by atoms with Gasteiger partial charge in [0.1, 0.15) is 0 Å². The summed E-state index contributed by atoms with van der Waals surface area (Å²) in [4.78, 5) is 12.4. The summed E-state index contributed by atoms with van der Waals surface area (Å²) in [5, 5.41) is 12.7. The summed E-state index contributed by atoms with van der Waals surface area (Å²) in [5.41, 5.74) is 0. The molecule has 2 bridgehead atoms. The van der Waals surface area contributed by atoms with E-state index in [4.69, 9.17) is 0 Å². The maximum atomic E-state index is 12.4. The van der Waals surface area contributed by atoms with E-state index < -0.39 is 0 Å². The molecule has 0 heterocycles. The van der Waals surface area contributed by atoms with Crippen LogP contribution in [0.3, 0.4) is 0 Å². The number of rotatable bonds is 4. The second-order valence-corrected chi connectivity index (χ2v) is 7.75. The molecule has 20 heavy (non-hydrogen) atoms. The second-order valence-electron chi connectivity index (χ2n) is 7.75. The molecular formula is C17H27NO2. The molecule has 0 saturated heterocycles. The van der Waals surface area contributed by atoms with Gasteiger partial charge in [0.25, 0.3) is 0 Å². The Labute approximate surface area is 121 Å². The Morgan fingerprint density at radius 1 is 1.00 bits per heavy atom. The fourth-order valence-corrected chi connectivity index (χ4v) is 5.82. The number of amides is 1. The molecule has 0 aromatic carbocycles. The van der Waals surface area contributed by atoms with E-state index in [1.54, 1.807) is 0 Å². The number of carbonyl (C=O) groups excluding carboxylic acids is 1. The largest absolute Gasteiger partial charge is 0.396 e. The molecule has 0 radical (unpaired) electrons. The molecule has 6 unspecified atom stereocenters. The lowest BCUT2D eigenvalue weighted by Gasteiger charge is -2.30. The highest BCUT2D eigenvalue weighted by molar-refractivity contribution is 5.82. The molecule has 0 aromatic rings. The van der Waals surface area contributed by atoms with Crippen LogP contribution in [0.25, 0.3) is 0 Å². The van der Waals surface area contributed by atoms with Gasteiger partial charge in [0.2, 0.25) is 5.91 Å². The van der Waals surface area contributed by atoms with Gasteiger partial charge < -0.3 is 10.4 Å². The molecule has 3 heteroatoms. The first-order chi connectivity index (χ1) is 9.79. The van der Waals surface area contributed by atoms with Crippen molar-refractivity contribution in [3.05, 3.63) is 0 Å². The molecule has 4 saturated carbocycles. The zero-order valence-corrected chi connectivity index (χ0v) is 12.3. The Morgan fingerprint density at radius 2 is 1.65 bits per heavy atom. The van der Waals surface area contributed by atoms with Crippen molar-refractivity contribution in [1.29, 1.82) is 0 Å². The van der Waals surface area contributed by atoms with Gasteiger partial charge in [-0.15, -0.1) is 0 Å². The summed E-state index contributed by atoms with van der Waals surface area (Å²) in [5.74, 6) is 4.85. The monoisotopic (exact) mass is 277 g/mol. The van der Waals surface area contributed by atoms with Crippen LogP contribution in [0, 0.1) is 41.4 Å². The van der Waals surface area contributed by atoms with Gasteiger partial charge in [-0.05, 0) is 67.6 Å². The van der Waals surface area contributed by atoms with Crippen molar-refractivity contribution in [2.24, 2.45) is 41.4 Å². The molecular weight excluding hydrogens is 250 g/mol. The number of aliphatic hydroxyl groups is 1. The molecule has 4 rings (SSSR count). The van der Waals surface area contributed by atoms with Crippen molar-refractivity contribution in [3.8, 4) is 0 Å². The van der Waals surface area contributed by atoms with Crippen LogP contribution in [0.4, 0.5) is 0 Å². The van der Waals surface area contributed by atoms with E-state index in [2.05, 4.69) is 5.32 Å². The number of fused-ring (bicyclic) bond motifs is 5. The van der Waals surface area contributed by atoms with Crippen molar-refractivity contribution < 1.29 is 9.90 Å². The van der Waals surface area contributed by atoms with Crippen molar-refractivity contribution in [3.63, 3.8) is 0 Å². The number of aliphatic hydroxyl groups excluding tert-OH is 1. The SMILES string of the molecule is O=C(NCC1CCCCC1CO)C1C2C3CCC(C3)C12. The predicted octanol–water partition coefficient (Wildman–Crippen LogP) is 2.19. The summed E-state index contributed by atoms with van der Waals surface area (Å²) >= 11 is 0. The van der Waals surface area contributed by atoms with Gasteiger partial charge in [0.15, 0.2) is 0 Å². The molecule has 6 atom stereocenters. The van der Waals surface area contributed by atoms with Crippen molar-refractivity contribution >= 4 is 5.91 Å². The maximum absolute atomic E-state index is 12.4. The highest BCUT2D eigenvalue weighted by Crippen LogP contribution is 2.69. The van der Waals surface area contributed by atoms with E-state index in [0.29, 0.717) is 30.3 Å². The summed E-state index contributed by atoms with van der Waals surface area (Å²) in [7, 11) is 0. The molecule has 0 aromatic heterocycles. The molecule has 3 nitrogen and oxygen atoms in total. The van der Waals surface area contributed by atoms with Crippen LogP contribution >= 0.6 is 0 Å². The number of hydrogen-bond acceptors (Lipinski definition) is 2. The van der Waals surface area contributed by atoms with E-state index in [-0.39, 0.29) is 0 Å². The first-order valence-electron chi connectivity index (χ1n) is 8.68. The highest BCUT2D eigenvalue weighted by atomic mass is 16.3. The lowest BCUT2D eigenvalue weighted by atomic mass is 9.79. The van der Waals surface area contributed by atoms with Gasteiger partial charge >= 0.3 is 0 Å². The van der Waals surface area contributed by atoms with Gasteiger partial charge in [-0.1, -0.05) is 12.8 Å². The fourth-order valence-electron chi connectivity index (χ4n) is 5.82. The Balaban J connectivity index is 1.29. The summed E-state index contributed by atoms with van der Waals surface area (Å²) in [6.07, 6.45) is 8.98. The maximum Gasteiger partial charge on any atom is 0.223 e. The van der Waals surface area contributed by atoms with Crippen molar-refractivity contribution in [2.45, 2.75) is 44.9 Å². The predicted molar refractivity (Wildman–Crippen MR) is 76.8 cm³/mol. The Hall–Kier alpha value is -0.570. The molecule has 0 spiro atoms. The van der Waals surface area contributed by atoms with Crippen LogP contribution < -0.4 is 5.32 Å². The topological polar surface area (TPSA) is 49.3 Å². The number of hydrogen-bond donors (Lipinski definition) is 2. The zero-order chi connectivity index (χ0) is 13.7. The van der Waals surface area contributed by atoms with Crippen molar-refractivity contribution in [1.82, 2.24) is 5.32 Å². The average molecular weight is 277 g/mol. The lowest BCUT2D eigenvalue weighted by molar-refractivity contribution is -0.123. The molecule has 0 aliphatic heterocycles. The standard InChI is InChI=1S/C17H27NO2/c19-9-13-4-2-1-3-12(13)8-18-17(20)16-14-10-5-6-11(7-10)15(14)16/h10-16,19H,1-9H2,(H,18,20). The Morgan fingerprint density at radius 3 is 2.30 bits per heavy atom. The van der Waals surface area contributed by atoms with Gasteiger partial charge in [0.05, 0.1) is 0 Å². The summed E-state index contributed by atoms with van der Waals surface area (Å²) in [6.45, 7) is 1.09. The van der Waals surface area contributed by atoms with E-state index in [1.165, 1.54) is 38.5 Å². The normalized spacial score (nSPS) is 49.0. The summed E-state index contributed by atoms with van der Waals surface area (Å²) in [6, 6.07) is 0. The first-order valence-corrected chi connectivity index (χ1v) is 8.68. The quantitative estimate of drug-likeness (QED) is 0.827. The molecule has 4 aliphatic rings. The van der Waals surface area contributed by atoms with E-state index in [1.807, 2.05) is 0 Å². The number of carbonyl (C=O) groups is 1. The van der Waals surface area contributed by atoms with E-state index in [0.717, 1.165) is 36.6 Å².